The number of fused-ring (bicyclic) bond motifs is 4. The van der Waals surface area contributed by atoms with Gasteiger partial charge in [0, 0.05) is 42.5 Å². The molecule has 1 nitrogen and oxygen atoms in total. The Hall–Kier alpha value is -3.10. The van der Waals surface area contributed by atoms with E-state index < -0.39 is 0 Å². The second kappa shape index (κ2) is 6.50. The average Bonchev–Trinajstić information content (AvgIpc) is 3.19. The Kier molecular flexibility index (Phi) is 3.96. The van der Waals surface area contributed by atoms with Crippen LogP contribution in [0.1, 0.15) is 16.8 Å². The molecule has 0 N–H and O–H groups in total. The van der Waals surface area contributed by atoms with Crippen LogP contribution >= 0.6 is 11.3 Å². The number of allylic oxidation sites excluding steroid dienone is 2. The minimum Gasteiger partial charge on any atom is -0.313 e. The number of benzene rings is 3. The average molecular weight is 380 g/mol. The van der Waals surface area contributed by atoms with Crippen molar-refractivity contribution in [1.29, 1.82) is 0 Å². The van der Waals surface area contributed by atoms with Crippen molar-refractivity contribution in [3.8, 4) is 5.69 Å². The van der Waals surface area contributed by atoms with E-state index in [0.717, 1.165) is 0 Å². The fourth-order valence-electron chi connectivity index (χ4n) is 4.06. The molecular weight excluding hydrogens is 358 g/mol. The van der Waals surface area contributed by atoms with Gasteiger partial charge in [-0.1, -0.05) is 60.7 Å². The highest BCUT2D eigenvalue weighted by atomic mass is 32.1. The summed E-state index contributed by atoms with van der Waals surface area (Å²) in [5.74, 6) is 0. The number of thiophene rings is 1. The zero-order valence-electron chi connectivity index (χ0n) is 16.1. The van der Waals surface area contributed by atoms with Gasteiger partial charge in [-0.2, -0.15) is 0 Å². The molecule has 3 aromatic carbocycles. The molecule has 2 aromatic heterocycles. The quantitative estimate of drug-likeness (QED) is 0.282. The molecule has 0 fully saturated rings. The number of aromatic nitrogens is 1. The van der Waals surface area contributed by atoms with Gasteiger partial charge < -0.3 is 4.57 Å². The summed E-state index contributed by atoms with van der Waals surface area (Å²) in [4.78, 5) is 0. The van der Waals surface area contributed by atoms with E-state index in [4.69, 9.17) is 0 Å². The van der Waals surface area contributed by atoms with Crippen molar-refractivity contribution in [3.05, 3.63) is 96.2 Å². The van der Waals surface area contributed by atoms with Crippen LogP contribution in [-0.2, 0) is 0 Å². The van der Waals surface area contributed by atoms with E-state index in [2.05, 4.69) is 91.7 Å². The van der Waals surface area contributed by atoms with E-state index in [1.807, 2.05) is 23.5 Å². The number of hydrogen-bond acceptors (Lipinski definition) is 1. The fourth-order valence-corrected chi connectivity index (χ4v) is 5.18. The molecule has 0 saturated heterocycles. The van der Waals surface area contributed by atoms with Crippen molar-refractivity contribution in [3.63, 3.8) is 0 Å². The van der Waals surface area contributed by atoms with Crippen LogP contribution in [0.4, 0.5) is 0 Å². The van der Waals surface area contributed by atoms with E-state index in [-0.39, 0.29) is 0 Å². The van der Waals surface area contributed by atoms with Crippen LogP contribution < -0.4 is 0 Å². The first-order valence-corrected chi connectivity index (χ1v) is 10.3. The van der Waals surface area contributed by atoms with Gasteiger partial charge in [-0.05, 0) is 44.2 Å². The second-order valence-electron chi connectivity index (χ2n) is 7.23. The largest absolute Gasteiger partial charge is 0.313 e. The maximum absolute atomic E-state index is 3.85. The van der Waals surface area contributed by atoms with Gasteiger partial charge in [0.25, 0.3) is 0 Å². The molecule has 0 unspecified atom stereocenters. The van der Waals surface area contributed by atoms with Gasteiger partial charge in [0.05, 0.1) is 5.52 Å². The summed E-state index contributed by atoms with van der Waals surface area (Å²) < 4.78 is 5.05. The molecule has 5 rings (SSSR count). The molecule has 28 heavy (non-hydrogen) atoms. The lowest BCUT2D eigenvalue weighted by Gasteiger charge is -2.09. The molecule has 0 amide bonds. The van der Waals surface area contributed by atoms with Crippen molar-refractivity contribution in [2.75, 3.05) is 0 Å². The topological polar surface area (TPSA) is 4.93 Å². The van der Waals surface area contributed by atoms with Crippen LogP contribution in [0.2, 0.25) is 0 Å². The van der Waals surface area contributed by atoms with Gasteiger partial charge in [0.2, 0.25) is 0 Å². The lowest BCUT2D eigenvalue weighted by Crippen LogP contribution is -1.96. The summed E-state index contributed by atoms with van der Waals surface area (Å²) >= 11 is 1.87. The number of rotatable bonds is 3. The summed E-state index contributed by atoms with van der Waals surface area (Å²) in [5, 5.41) is 3.96. The highest BCUT2D eigenvalue weighted by Crippen LogP contribution is 2.39. The van der Waals surface area contributed by atoms with Crippen LogP contribution in [0, 0.1) is 13.8 Å². The van der Waals surface area contributed by atoms with Gasteiger partial charge >= 0.3 is 0 Å². The minimum atomic E-state index is 1.20. The van der Waals surface area contributed by atoms with Crippen LogP contribution in [0.15, 0.2) is 79.4 Å². The molecule has 0 aliphatic rings. The summed E-state index contributed by atoms with van der Waals surface area (Å²) in [6, 6.07) is 22.2. The molecule has 0 aliphatic carbocycles. The summed E-state index contributed by atoms with van der Waals surface area (Å²) in [6.45, 7) is 8.18. The molecule has 5 aromatic rings. The molecule has 2 heteroatoms. The summed E-state index contributed by atoms with van der Waals surface area (Å²) in [7, 11) is 0. The first-order chi connectivity index (χ1) is 13.7. The zero-order chi connectivity index (χ0) is 19.3. The second-order valence-corrected chi connectivity index (χ2v) is 8.31. The molecule has 2 heterocycles. The van der Waals surface area contributed by atoms with Gasteiger partial charge in [0.1, 0.15) is 0 Å². The van der Waals surface area contributed by atoms with Gasteiger partial charge in [-0.15, -0.1) is 11.3 Å². The molecule has 0 radical (unpaired) electrons. The highest BCUT2D eigenvalue weighted by Gasteiger charge is 2.16. The highest BCUT2D eigenvalue weighted by molar-refractivity contribution is 7.25. The smallest absolute Gasteiger partial charge is 0.0552 e. The van der Waals surface area contributed by atoms with Crippen molar-refractivity contribution in [2.24, 2.45) is 0 Å². The van der Waals surface area contributed by atoms with E-state index in [0.29, 0.717) is 0 Å². The van der Waals surface area contributed by atoms with Crippen molar-refractivity contribution >= 4 is 48.5 Å². The monoisotopic (exact) mass is 379 g/mol. The minimum absolute atomic E-state index is 1.20. The number of nitrogens with zero attached hydrogens (tertiary/aromatic N) is 1. The summed E-state index contributed by atoms with van der Waals surface area (Å²) in [5.41, 5.74) is 6.24. The first-order valence-electron chi connectivity index (χ1n) is 9.50. The standard InChI is InChI=1S/C26H21NS/c1-4-5-8-20-18(3)27(19-13-11-17(2)12-14-19)24-16-26-23(15-22(20)24)21-9-6-7-10-25(21)28-26/h4-16H,1H2,2-3H3/b8-5-. The SMILES string of the molecule is C=C/C=C\c1c(C)n(-c2ccc(C)cc2)c2cc3sc4ccccc4c3cc12. The Labute approximate surface area is 168 Å². The maximum atomic E-state index is 3.85. The normalized spacial score (nSPS) is 11.9. The van der Waals surface area contributed by atoms with Crippen molar-refractivity contribution in [1.82, 2.24) is 4.57 Å². The van der Waals surface area contributed by atoms with Crippen molar-refractivity contribution in [2.45, 2.75) is 13.8 Å². The van der Waals surface area contributed by atoms with Gasteiger partial charge in [-0.3, -0.25) is 0 Å². The number of aryl methyl sites for hydroxylation is 1. The van der Waals surface area contributed by atoms with Crippen LogP contribution in [0.25, 0.3) is 42.8 Å². The zero-order valence-corrected chi connectivity index (χ0v) is 16.9. The van der Waals surface area contributed by atoms with E-state index in [1.54, 1.807) is 0 Å². The molecule has 0 spiro atoms. The van der Waals surface area contributed by atoms with Gasteiger partial charge in [-0.25, -0.2) is 0 Å². The maximum Gasteiger partial charge on any atom is 0.0552 e. The van der Waals surface area contributed by atoms with Gasteiger partial charge in [0.15, 0.2) is 0 Å². The predicted octanol–water partition coefficient (Wildman–Crippen LogP) is 7.81. The Morgan fingerprint density at radius 2 is 1.64 bits per heavy atom. The Balaban J connectivity index is 1.92. The van der Waals surface area contributed by atoms with E-state index in [1.165, 1.54) is 53.6 Å². The molecule has 0 aliphatic heterocycles. The lowest BCUT2D eigenvalue weighted by atomic mass is 10.1. The van der Waals surface area contributed by atoms with E-state index >= 15 is 0 Å². The third-order valence-electron chi connectivity index (χ3n) is 5.44. The van der Waals surface area contributed by atoms with Crippen LogP contribution in [0.3, 0.4) is 0 Å². The fraction of sp³-hybridized carbons (Fsp3) is 0.0769. The molecule has 136 valence electrons. The first kappa shape index (κ1) is 17.0. The third kappa shape index (κ3) is 2.53. The third-order valence-corrected chi connectivity index (χ3v) is 6.58. The molecule has 0 bridgehead atoms. The molecule has 0 saturated carbocycles. The predicted molar refractivity (Wildman–Crippen MR) is 125 cm³/mol. The number of hydrogen-bond donors (Lipinski definition) is 0. The van der Waals surface area contributed by atoms with Crippen molar-refractivity contribution < 1.29 is 0 Å². The Morgan fingerprint density at radius 3 is 2.43 bits per heavy atom. The Bertz CT molecular complexity index is 1380. The lowest BCUT2D eigenvalue weighted by molar-refractivity contribution is 1.05. The Morgan fingerprint density at radius 1 is 0.857 bits per heavy atom. The van der Waals surface area contributed by atoms with Crippen LogP contribution in [0.5, 0.6) is 0 Å². The molecular formula is C26H21NS. The summed E-state index contributed by atoms with van der Waals surface area (Å²) in [6.07, 6.45) is 6.04. The van der Waals surface area contributed by atoms with Crippen LogP contribution in [-0.4, -0.2) is 4.57 Å². The van der Waals surface area contributed by atoms with E-state index in [9.17, 15) is 0 Å². The molecule has 0 atom stereocenters.